The number of halogens is 3. The molecule has 0 spiro atoms. The van der Waals surface area contributed by atoms with Gasteiger partial charge in [0.25, 0.3) is 0 Å². The van der Waals surface area contributed by atoms with Crippen molar-refractivity contribution in [3.63, 3.8) is 0 Å². The number of ether oxygens (including phenoxy) is 1. The molecule has 1 fully saturated rings. The minimum Gasteiger partial charge on any atom is -0.496 e. The fourth-order valence-electron chi connectivity index (χ4n) is 6.31. The summed E-state index contributed by atoms with van der Waals surface area (Å²) in [5, 5.41) is 0.820. The van der Waals surface area contributed by atoms with Crippen molar-refractivity contribution >= 4 is 47.7 Å². The summed E-state index contributed by atoms with van der Waals surface area (Å²) in [6.07, 6.45) is 6.36. The van der Waals surface area contributed by atoms with Crippen molar-refractivity contribution in [1.29, 1.82) is 0 Å². The molecule has 0 amide bonds. The fraction of sp³-hybridized carbons (Fsp3) is 0.500. The van der Waals surface area contributed by atoms with Gasteiger partial charge in [-0.05, 0) is 93.0 Å². The number of hydrogen-bond donors (Lipinski definition) is 0. The predicted octanol–water partition coefficient (Wildman–Crippen LogP) is 7.45. The first kappa shape index (κ1) is 27.2. The zero-order valence-electron chi connectivity index (χ0n) is 20.5. The first-order valence-electron chi connectivity index (χ1n) is 12.2. The Balaban J connectivity index is 0.00000162. The van der Waals surface area contributed by atoms with Gasteiger partial charge in [-0.3, -0.25) is 4.90 Å². The van der Waals surface area contributed by atoms with E-state index in [0.29, 0.717) is 5.92 Å². The van der Waals surface area contributed by atoms with Gasteiger partial charge in [-0.1, -0.05) is 29.3 Å². The highest BCUT2D eigenvalue weighted by Gasteiger charge is 2.36. The summed E-state index contributed by atoms with van der Waals surface area (Å²) in [6, 6.07) is 10.6. The van der Waals surface area contributed by atoms with Crippen LogP contribution in [0, 0.1) is 13.8 Å². The maximum absolute atomic E-state index is 6.21. The molecule has 1 aliphatic heterocycles. The highest BCUT2D eigenvalue weighted by molar-refractivity contribution is 6.30. The Morgan fingerprint density at radius 3 is 2.41 bits per heavy atom. The highest BCUT2D eigenvalue weighted by Crippen LogP contribution is 2.54. The lowest BCUT2D eigenvalue weighted by molar-refractivity contribution is 0.250. The first-order chi connectivity index (χ1) is 15.6. The van der Waals surface area contributed by atoms with Crippen molar-refractivity contribution in [2.75, 3.05) is 44.7 Å². The second-order valence-corrected chi connectivity index (χ2v) is 10.1. The topological polar surface area (TPSA) is 15.7 Å². The quantitative estimate of drug-likeness (QED) is 0.405. The normalized spacial score (nSPS) is 19.8. The van der Waals surface area contributed by atoms with Crippen LogP contribution >= 0.6 is 36.4 Å². The van der Waals surface area contributed by atoms with Gasteiger partial charge in [0.1, 0.15) is 5.75 Å². The molecule has 0 saturated carbocycles. The molecule has 5 rings (SSSR count). The third-order valence-electron chi connectivity index (χ3n) is 7.76. The first-order valence-corrected chi connectivity index (χ1v) is 12.6. The van der Waals surface area contributed by atoms with Gasteiger partial charge in [0.05, 0.1) is 7.11 Å². The Bertz CT molecular complexity index is 1040. The van der Waals surface area contributed by atoms with E-state index in [1.54, 1.807) is 11.1 Å². The minimum absolute atomic E-state index is 0. The third-order valence-corrected chi connectivity index (χ3v) is 8.00. The number of anilines is 1. The lowest BCUT2D eigenvalue weighted by Crippen LogP contribution is -2.46. The third kappa shape index (κ3) is 5.09. The summed E-state index contributed by atoms with van der Waals surface area (Å²) in [5.41, 5.74) is 10.4. The van der Waals surface area contributed by atoms with Crippen LogP contribution in [-0.4, -0.2) is 44.7 Å². The smallest absolute Gasteiger partial charge is 0.126 e. The van der Waals surface area contributed by atoms with Crippen LogP contribution in [0.2, 0.25) is 5.02 Å². The largest absolute Gasteiger partial charge is 0.496 e. The average Bonchev–Trinajstić information content (AvgIpc) is 3.13. The van der Waals surface area contributed by atoms with E-state index >= 15 is 0 Å². The summed E-state index contributed by atoms with van der Waals surface area (Å²) >= 11 is 6.21. The minimum atomic E-state index is 0. The Morgan fingerprint density at radius 2 is 1.71 bits per heavy atom. The molecule has 2 aromatic carbocycles. The Kier molecular flexibility index (Phi) is 9.25. The number of benzene rings is 2. The van der Waals surface area contributed by atoms with Crippen molar-refractivity contribution in [2.24, 2.45) is 0 Å². The van der Waals surface area contributed by atoms with E-state index < -0.39 is 0 Å². The van der Waals surface area contributed by atoms with Gasteiger partial charge >= 0.3 is 0 Å². The van der Waals surface area contributed by atoms with Crippen molar-refractivity contribution < 1.29 is 4.74 Å². The van der Waals surface area contributed by atoms with Gasteiger partial charge in [0.15, 0.2) is 0 Å². The number of methoxy groups -OCH3 is 1. The molecule has 3 aliphatic rings. The average molecular weight is 524 g/mol. The molecular weight excluding hydrogens is 487 g/mol. The summed E-state index contributed by atoms with van der Waals surface area (Å²) in [7, 11) is 1.85. The SMILES string of the molecule is COc1c(C)cc(C)c2c1C(CCN1CCN(c3cccc(Cl)c3)CC1)C1=C2CCCC1.Cl.Cl. The molecule has 34 heavy (non-hydrogen) atoms. The van der Waals surface area contributed by atoms with Crippen LogP contribution in [0.4, 0.5) is 5.69 Å². The molecule has 3 nitrogen and oxygen atoms in total. The molecule has 2 aliphatic carbocycles. The van der Waals surface area contributed by atoms with Crippen LogP contribution in [-0.2, 0) is 0 Å². The van der Waals surface area contributed by atoms with Crippen molar-refractivity contribution in [1.82, 2.24) is 4.90 Å². The number of piperazine rings is 1. The van der Waals surface area contributed by atoms with E-state index in [2.05, 4.69) is 47.9 Å². The molecule has 0 bridgehead atoms. The lowest BCUT2D eigenvalue weighted by atomic mass is 9.85. The molecule has 0 aromatic heterocycles. The summed E-state index contributed by atoms with van der Waals surface area (Å²) in [5.74, 6) is 1.66. The number of allylic oxidation sites excluding steroid dienone is 2. The Morgan fingerprint density at radius 1 is 0.971 bits per heavy atom. The molecular formula is C28H37Cl3N2O. The van der Waals surface area contributed by atoms with Crippen LogP contribution < -0.4 is 9.64 Å². The van der Waals surface area contributed by atoms with Crippen LogP contribution in [0.3, 0.4) is 0 Å². The summed E-state index contributed by atoms with van der Waals surface area (Å²) in [4.78, 5) is 5.11. The molecule has 1 saturated heterocycles. The van der Waals surface area contributed by atoms with Crippen molar-refractivity contribution in [3.05, 3.63) is 63.2 Å². The van der Waals surface area contributed by atoms with Gasteiger partial charge in [0, 0.05) is 48.4 Å². The number of rotatable bonds is 5. The molecule has 2 aromatic rings. The zero-order valence-corrected chi connectivity index (χ0v) is 22.9. The number of nitrogens with zero attached hydrogens (tertiary/aromatic N) is 2. The highest BCUT2D eigenvalue weighted by atomic mass is 35.5. The zero-order chi connectivity index (χ0) is 22.2. The van der Waals surface area contributed by atoms with E-state index in [0.717, 1.165) is 43.5 Å². The maximum Gasteiger partial charge on any atom is 0.126 e. The second kappa shape index (κ2) is 11.6. The van der Waals surface area contributed by atoms with Crippen LogP contribution in [0.5, 0.6) is 5.75 Å². The van der Waals surface area contributed by atoms with Gasteiger partial charge in [-0.15, -0.1) is 24.8 Å². The monoisotopic (exact) mass is 522 g/mol. The van der Waals surface area contributed by atoms with Crippen LogP contribution in [0.25, 0.3) is 5.57 Å². The molecule has 1 heterocycles. The summed E-state index contributed by atoms with van der Waals surface area (Å²) < 4.78 is 5.99. The van der Waals surface area contributed by atoms with E-state index in [9.17, 15) is 0 Å². The standard InChI is InChI=1S/C28H35ClN2O.2ClH/c1-19-17-20(2)28(32-3)27-25(23-9-4-5-10-24(23)26(19)27)11-12-30-13-15-31(16-14-30)22-8-6-7-21(29)18-22;;/h6-8,17-18,25H,4-5,9-16H2,1-3H3;2*1H. The van der Waals surface area contributed by atoms with Gasteiger partial charge in [-0.25, -0.2) is 0 Å². The van der Waals surface area contributed by atoms with E-state index in [1.165, 1.54) is 60.0 Å². The second-order valence-electron chi connectivity index (χ2n) is 9.69. The molecule has 1 atom stereocenters. The van der Waals surface area contributed by atoms with E-state index in [4.69, 9.17) is 16.3 Å². The Hall–Kier alpha value is -1.39. The molecule has 0 radical (unpaired) electrons. The molecule has 186 valence electrons. The number of fused-ring (bicyclic) bond motifs is 2. The van der Waals surface area contributed by atoms with Crippen molar-refractivity contribution in [2.45, 2.75) is 51.9 Å². The number of aryl methyl sites for hydroxylation is 2. The van der Waals surface area contributed by atoms with E-state index in [-0.39, 0.29) is 24.8 Å². The van der Waals surface area contributed by atoms with E-state index in [1.807, 2.05) is 13.2 Å². The number of hydrogen-bond acceptors (Lipinski definition) is 3. The van der Waals surface area contributed by atoms with Gasteiger partial charge < -0.3 is 9.64 Å². The summed E-state index contributed by atoms with van der Waals surface area (Å²) in [6.45, 7) is 10.0. The van der Waals surface area contributed by atoms with Crippen LogP contribution in [0.15, 0.2) is 35.9 Å². The lowest BCUT2D eigenvalue weighted by Gasteiger charge is -2.37. The predicted molar refractivity (Wildman–Crippen MR) is 150 cm³/mol. The van der Waals surface area contributed by atoms with Gasteiger partial charge in [0.2, 0.25) is 0 Å². The maximum atomic E-state index is 6.21. The molecule has 0 N–H and O–H groups in total. The van der Waals surface area contributed by atoms with Crippen LogP contribution in [0.1, 0.15) is 60.3 Å². The fourth-order valence-corrected chi connectivity index (χ4v) is 6.50. The molecule has 1 unspecified atom stereocenters. The molecule has 6 heteroatoms. The van der Waals surface area contributed by atoms with Crippen molar-refractivity contribution in [3.8, 4) is 5.75 Å². The Labute approximate surface area is 222 Å². The van der Waals surface area contributed by atoms with Gasteiger partial charge in [-0.2, -0.15) is 0 Å².